The highest BCUT2D eigenvalue weighted by molar-refractivity contribution is 4.91. The predicted octanol–water partition coefficient (Wildman–Crippen LogP) is 3.63. The van der Waals surface area contributed by atoms with Crippen LogP contribution in [0.4, 0.5) is 0 Å². The van der Waals surface area contributed by atoms with Gasteiger partial charge < -0.3 is 10.4 Å². The van der Waals surface area contributed by atoms with Crippen molar-refractivity contribution in [2.75, 3.05) is 13.2 Å². The lowest BCUT2D eigenvalue weighted by molar-refractivity contribution is 0.168. The van der Waals surface area contributed by atoms with Crippen LogP contribution in [-0.4, -0.2) is 24.3 Å². The van der Waals surface area contributed by atoms with E-state index in [0.29, 0.717) is 6.61 Å². The summed E-state index contributed by atoms with van der Waals surface area (Å²) in [5.41, 5.74) is 0.777. The molecule has 0 amide bonds. The highest BCUT2D eigenvalue weighted by Gasteiger charge is 2.37. The molecule has 0 bridgehead atoms. The molecule has 0 radical (unpaired) electrons. The van der Waals surface area contributed by atoms with Crippen LogP contribution < -0.4 is 5.32 Å². The molecular formula is C16H31NO. The Morgan fingerprint density at radius 1 is 0.889 bits per heavy atom. The van der Waals surface area contributed by atoms with Gasteiger partial charge in [-0.2, -0.15) is 0 Å². The van der Waals surface area contributed by atoms with Crippen LogP contribution in [0.15, 0.2) is 0 Å². The predicted molar refractivity (Wildman–Crippen MR) is 76.7 cm³/mol. The van der Waals surface area contributed by atoms with Crippen molar-refractivity contribution in [3.05, 3.63) is 0 Å². The van der Waals surface area contributed by atoms with Gasteiger partial charge in [-0.25, -0.2) is 0 Å². The molecule has 2 aliphatic carbocycles. The van der Waals surface area contributed by atoms with E-state index in [0.717, 1.165) is 17.9 Å². The number of aliphatic hydroxyl groups is 1. The van der Waals surface area contributed by atoms with Gasteiger partial charge in [-0.1, -0.05) is 25.7 Å². The fourth-order valence-corrected chi connectivity index (χ4v) is 3.96. The minimum absolute atomic E-state index is 0.359. The zero-order chi connectivity index (χ0) is 12.7. The average Bonchev–Trinajstić information content (AvgIpc) is 2.85. The second kappa shape index (κ2) is 7.49. The summed E-state index contributed by atoms with van der Waals surface area (Å²) in [6.45, 7) is 1.54. The second-order valence-corrected chi connectivity index (χ2v) is 6.57. The zero-order valence-corrected chi connectivity index (χ0v) is 11.9. The third-order valence-electron chi connectivity index (χ3n) is 5.23. The molecule has 2 nitrogen and oxygen atoms in total. The lowest BCUT2D eigenvalue weighted by atomic mass is 9.71. The van der Waals surface area contributed by atoms with Gasteiger partial charge in [0.15, 0.2) is 0 Å². The van der Waals surface area contributed by atoms with Crippen molar-refractivity contribution in [2.45, 2.75) is 83.1 Å². The average molecular weight is 253 g/mol. The van der Waals surface area contributed by atoms with Crippen LogP contribution in [0.1, 0.15) is 77.0 Å². The maximum absolute atomic E-state index is 8.71. The van der Waals surface area contributed by atoms with Crippen molar-refractivity contribution in [1.29, 1.82) is 0 Å². The minimum atomic E-state index is 0.359. The van der Waals surface area contributed by atoms with Gasteiger partial charge in [0, 0.05) is 12.6 Å². The van der Waals surface area contributed by atoms with Crippen LogP contribution >= 0.6 is 0 Å². The van der Waals surface area contributed by atoms with Crippen LogP contribution in [-0.2, 0) is 0 Å². The maximum Gasteiger partial charge on any atom is 0.0431 e. The number of rotatable bonds is 7. The Balaban J connectivity index is 1.51. The van der Waals surface area contributed by atoms with Crippen molar-refractivity contribution in [3.63, 3.8) is 0 Å². The van der Waals surface area contributed by atoms with Gasteiger partial charge in [0.1, 0.15) is 0 Å². The number of nitrogens with one attached hydrogen (secondary N) is 1. The maximum atomic E-state index is 8.71. The Hall–Kier alpha value is -0.0800. The lowest BCUT2D eigenvalue weighted by Gasteiger charge is -2.37. The van der Waals surface area contributed by atoms with Gasteiger partial charge >= 0.3 is 0 Å². The molecule has 0 aromatic heterocycles. The smallest absolute Gasteiger partial charge is 0.0431 e. The summed E-state index contributed by atoms with van der Waals surface area (Å²) in [5, 5.41) is 12.5. The Kier molecular flexibility index (Phi) is 5.97. The number of aliphatic hydroxyl groups excluding tert-OH is 1. The van der Waals surface area contributed by atoms with Crippen molar-refractivity contribution in [2.24, 2.45) is 5.41 Å². The van der Waals surface area contributed by atoms with Crippen LogP contribution in [0.3, 0.4) is 0 Å². The summed E-state index contributed by atoms with van der Waals surface area (Å²) in [6.07, 6.45) is 16.5. The van der Waals surface area contributed by atoms with E-state index in [9.17, 15) is 0 Å². The molecule has 1 spiro atoms. The molecule has 18 heavy (non-hydrogen) atoms. The second-order valence-electron chi connectivity index (χ2n) is 6.57. The Bertz CT molecular complexity index is 213. The molecule has 0 aromatic rings. The summed E-state index contributed by atoms with van der Waals surface area (Å²) in [7, 11) is 0. The highest BCUT2D eigenvalue weighted by Crippen LogP contribution is 2.48. The first-order chi connectivity index (χ1) is 8.85. The van der Waals surface area contributed by atoms with Crippen LogP contribution in [0.25, 0.3) is 0 Å². The monoisotopic (exact) mass is 253 g/mol. The molecular weight excluding hydrogens is 222 g/mol. The largest absolute Gasteiger partial charge is 0.396 e. The molecule has 2 rings (SSSR count). The van der Waals surface area contributed by atoms with E-state index in [1.807, 2.05) is 0 Å². The summed E-state index contributed by atoms with van der Waals surface area (Å²) in [6, 6.07) is 0.800. The summed E-state index contributed by atoms with van der Waals surface area (Å²) >= 11 is 0. The lowest BCUT2D eigenvalue weighted by Crippen LogP contribution is -2.37. The quantitative estimate of drug-likeness (QED) is 0.679. The van der Waals surface area contributed by atoms with Gasteiger partial charge in [-0.3, -0.25) is 0 Å². The van der Waals surface area contributed by atoms with Gasteiger partial charge in [0.2, 0.25) is 0 Å². The van der Waals surface area contributed by atoms with E-state index in [2.05, 4.69) is 5.32 Å². The molecule has 2 N–H and O–H groups in total. The molecule has 2 fully saturated rings. The topological polar surface area (TPSA) is 32.3 Å². The molecule has 106 valence electrons. The summed E-state index contributed by atoms with van der Waals surface area (Å²) in [5.74, 6) is 0. The van der Waals surface area contributed by atoms with E-state index in [-0.39, 0.29) is 0 Å². The fraction of sp³-hybridized carbons (Fsp3) is 1.00. The normalized spacial score (nSPS) is 23.8. The molecule has 0 atom stereocenters. The van der Waals surface area contributed by atoms with Crippen LogP contribution in [0.5, 0.6) is 0 Å². The Morgan fingerprint density at radius 3 is 2.22 bits per heavy atom. The molecule has 2 aliphatic rings. The van der Waals surface area contributed by atoms with Gasteiger partial charge in [0.25, 0.3) is 0 Å². The van der Waals surface area contributed by atoms with Gasteiger partial charge in [-0.15, -0.1) is 0 Å². The number of hydrogen-bond donors (Lipinski definition) is 2. The molecule has 0 saturated heterocycles. The molecule has 2 heteroatoms. The van der Waals surface area contributed by atoms with Crippen molar-refractivity contribution < 1.29 is 5.11 Å². The third kappa shape index (κ3) is 4.24. The number of hydrogen-bond acceptors (Lipinski definition) is 2. The first kappa shape index (κ1) is 14.3. The Morgan fingerprint density at radius 2 is 1.56 bits per heavy atom. The SMILES string of the molecule is OCCCCCCNC1CCC2(CCCC2)CC1. The summed E-state index contributed by atoms with van der Waals surface area (Å²) in [4.78, 5) is 0. The molecule has 0 heterocycles. The number of unbranched alkanes of at least 4 members (excludes halogenated alkanes) is 3. The van der Waals surface area contributed by atoms with Gasteiger partial charge in [0.05, 0.1) is 0 Å². The molecule has 2 saturated carbocycles. The Labute approximate surface area is 113 Å². The molecule has 0 aliphatic heterocycles. The van der Waals surface area contributed by atoms with E-state index < -0.39 is 0 Å². The van der Waals surface area contributed by atoms with Crippen molar-refractivity contribution in [1.82, 2.24) is 5.32 Å². The first-order valence-corrected chi connectivity index (χ1v) is 8.19. The van der Waals surface area contributed by atoms with E-state index in [1.54, 1.807) is 0 Å². The van der Waals surface area contributed by atoms with Crippen LogP contribution in [0, 0.1) is 5.41 Å². The van der Waals surface area contributed by atoms with Crippen LogP contribution in [0.2, 0.25) is 0 Å². The molecule has 0 unspecified atom stereocenters. The molecule has 0 aromatic carbocycles. The third-order valence-corrected chi connectivity index (χ3v) is 5.23. The van der Waals surface area contributed by atoms with E-state index >= 15 is 0 Å². The van der Waals surface area contributed by atoms with Crippen molar-refractivity contribution in [3.8, 4) is 0 Å². The van der Waals surface area contributed by atoms with Gasteiger partial charge in [-0.05, 0) is 63.3 Å². The fourth-order valence-electron chi connectivity index (χ4n) is 3.96. The first-order valence-electron chi connectivity index (χ1n) is 8.19. The van der Waals surface area contributed by atoms with E-state index in [4.69, 9.17) is 5.11 Å². The highest BCUT2D eigenvalue weighted by atomic mass is 16.2. The minimum Gasteiger partial charge on any atom is -0.396 e. The van der Waals surface area contributed by atoms with E-state index in [1.165, 1.54) is 77.2 Å². The summed E-state index contributed by atoms with van der Waals surface area (Å²) < 4.78 is 0. The standard InChI is InChI=1S/C16H31NO/c18-14-6-2-1-5-13-17-15-7-11-16(12-8-15)9-3-4-10-16/h15,17-18H,1-14H2. The van der Waals surface area contributed by atoms with Crippen molar-refractivity contribution >= 4 is 0 Å². The zero-order valence-electron chi connectivity index (χ0n) is 11.9.